The van der Waals surface area contributed by atoms with Gasteiger partial charge >= 0.3 is 0 Å². The van der Waals surface area contributed by atoms with Crippen LogP contribution in [0.4, 0.5) is 0 Å². The van der Waals surface area contributed by atoms with Crippen LogP contribution < -0.4 is 4.74 Å². The number of hydrogen-bond acceptors (Lipinski definition) is 4. The summed E-state index contributed by atoms with van der Waals surface area (Å²) >= 11 is 2.11. The molecule has 0 radical (unpaired) electrons. The van der Waals surface area contributed by atoms with Crippen molar-refractivity contribution in [2.75, 3.05) is 24.8 Å². The van der Waals surface area contributed by atoms with E-state index in [4.69, 9.17) is 13.9 Å². The zero-order valence-electron chi connectivity index (χ0n) is 18.1. The second kappa shape index (κ2) is 12.1. The Morgan fingerprint density at radius 3 is 2.25 bits per heavy atom. The molecule has 158 valence electrons. The minimum absolute atomic E-state index is 0.151. The summed E-state index contributed by atoms with van der Waals surface area (Å²) in [5.74, 6) is 0.992. The lowest BCUT2D eigenvalue weighted by molar-refractivity contribution is -0.112. The van der Waals surface area contributed by atoms with Gasteiger partial charge in [0.05, 0.1) is 24.8 Å². The van der Waals surface area contributed by atoms with E-state index in [1.165, 1.54) is 0 Å². The Balaban J connectivity index is 2.51. The molecule has 0 saturated heterocycles. The summed E-state index contributed by atoms with van der Waals surface area (Å²) in [7, 11) is -0.107. The van der Waals surface area contributed by atoms with E-state index in [1.807, 2.05) is 24.3 Å². The van der Waals surface area contributed by atoms with Gasteiger partial charge in [-0.1, -0.05) is 61.1 Å². The highest BCUT2D eigenvalue weighted by Crippen LogP contribution is 2.36. The van der Waals surface area contributed by atoms with Gasteiger partial charge in [-0.15, -0.1) is 0 Å². The Labute approximate surface area is 185 Å². The van der Waals surface area contributed by atoms with Gasteiger partial charge in [-0.2, -0.15) is 0 Å². The fraction of sp³-hybridized carbons (Fsp3) is 0.591. The van der Waals surface area contributed by atoms with Crippen LogP contribution in [0.1, 0.15) is 39.2 Å². The number of alkyl halides is 1. The van der Waals surface area contributed by atoms with Gasteiger partial charge in [-0.25, -0.2) is 0 Å². The van der Waals surface area contributed by atoms with Crippen LogP contribution in [-0.4, -0.2) is 38.9 Å². The molecule has 4 nitrogen and oxygen atoms in total. The summed E-state index contributed by atoms with van der Waals surface area (Å²) in [5.41, 5.74) is 2.21. The first-order chi connectivity index (χ1) is 13.1. The number of ketones is 1. The molecule has 0 saturated carbocycles. The van der Waals surface area contributed by atoms with Crippen LogP contribution in [0.15, 0.2) is 35.9 Å². The fourth-order valence-electron chi connectivity index (χ4n) is 2.30. The van der Waals surface area contributed by atoms with E-state index in [-0.39, 0.29) is 10.8 Å². The number of methoxy groups -OCH3 is 1. The molecule has 1 rings (SSSR count). The van der Waals surface area contributed by atoms with Crippen LogP contribution in [0, 0.1) is 0 Å². The van der Waals surface area contributed by atoms with E-state index >= 15 is 0 Å². The van der Waals surface area contributed by atoms with E-state index in [2.05, 4.69) is 56.5 Å². The standard InChI is InChI=1S/C22H35IO4Si/c1-22(2,3)28(5,6)27-14-12-18(15-20(24)16-23)11-13-26-17-19-7-9-21(25-4)10-8-19/h7-10,15H,11-14,16-17H2,1-6H3/b18-15+. The second-order valence-electron chi connectivity index (χ2n) is 8.41. The molecule has 1 aromatic carbocycles. The van der Waals surface area contributed by atoms with E-state index in [1.54, 1.807) is 13.2 Å². The van der Waals surface area contributed by atoms with E-state index in [0.717, 1.165) is 29.7 Å². The van der Waals surface area contributed by atoms with Crippen molar-refractivity contribution >= 4 is 36.7 Å². The third kappa shape index (κ3) is 9.20. The van der Waals surface area contributed by atoms with Crippen molar-refractivity contribution in [3.05, 3.63) is 41.5 Å². The zero-order chi connectivity index (χ0) is 21.2. The van der Waals surface area contributed by atoms with Gasteiger partial charge in [0.15, 0.2) is 14.1 Å². The van der Waals surface area contributed by atoms with Gasteiger partial charge in [-0.05, 0) is 54.7 Å². The molecule has 1 aromatic rings. The smallest absolute Gasteiger partial charge is 0.191 e. The molecule has 0 aromatic heterocycles. The Kier molecular flexibility index (Phi) is 10.9. The summed E-state index contributed by atoms with van der Waals surface area (Å²) in [4.78, 5) is 11.9. The van der Waals surface area contributed by atoms with Gasteiger partial charge in [0.1, 0.15) is 5.75 Å². The average molecular weight is 519 g/mol. The number of carbonyl (C=O) groups excluding carboxylic acids is 1. The average Bonchev–Trinajstić information content (AvgIpc) is 2.64. The van der Waals surface area contributed by atoms with Gasteiger partial charge < -0.3 is 13.9 Å². The molecule has 0 aliphatic carbocycles. The summed E-state index contributed by atoms with van der Waals surface area (Å²) in [6, 6.07) is 7.87. The van der Waals surface area contributed by atoms with Gasteiger partial charge in [0, 0.05) is 6.61 Å². The van der Waals surface area contributed by atoms with E-state index in [0.29, 0.717) is 24.2 Å². The molecule has 0 N–H and O–H groups in total. The number of carbonyl (C=O) groups is 1. The second-order valence-corrected chi connectivity index (χ2v) is 14.0. The van der Waals surface area contributed by atoms with Crippen molar-refractivity contribution in [3.63, 3.8) is 0 Å². The van der Waals surface area contributed by atoms with Crippen molar-refractivity contribution in [2.24, 2.45) is 0 Å². The maximum Gasteiger partial charge on any atom is 0.191 e. The lowest BCUT2D eigenvalue weighted by Gasteiger charge is -2.36. The maximum absolute atomic E-state index is 11.9. The van der Waals surface area contributed by atoms with Crippen molar-refractivity contribution < 1.29 is 18.7 Å². The van der Waals surface area contributed by atoms with Crippen LogP contribution in [-0.2, 0) is 20.6 Å². The lowest BCUT2D eigenvalue weighted by Crippen LogP contribution is -2.41. The van der Waals surface area contributed by atoms with Gasteiger partial charge in [0.2, 0.25) is 0 Å². The third-order valence-corrected chi connectivity index (χ3v) is 10.5. The molecule has 0 unspecified atom stereocenters. The minimum atomic E-state index is -1.77. The molecule has 6 heteroatoms. The highest BCUT2D eigenvalue weighted by atomic mass is 127. The molecule has 0 amide bonds. The maximum atomic E-state index is 11.9. The number of ether oxygens (including phenoxy) is 2. The molecular weight excluding hydrogens is 483 g/mol. The molecule has 0 aliphatic rings. The quantitative estimate of drug-likeness (QED) is 0.113. The molecule has 0 bridgehead atoms. The fourth-order valence-corrected chi connectivity index (χ4v) is 3.57. The SMILES string of the molecule is COc1ccc(COCC/C(=C\C(=O)CI)CCO[Si](C)(C)C(C)(C)C)cc1. The zero-order valence-corrected chi connectivity index (χ0v) is 21.3. The summed E-state index contributed by atoms with van der Waals surface area (Å²) in [6.45, 7) is 13.0. The van der Waals surface area contributed by atoms with Crippen molar-refractivity contribution in [1.82, 2.24) is 0 Å². The predicted octanol–water partition coefficient (Wildman–Crippen LogP) is 5.94. The lowest BCUT2D eigenvalue weighted by atomic mass is 10.1. The van der Waals surface area contributed by atoms with Crippen LogP contribution in [0.2, 0.25) is 18.1 Å². The van der Waals surface area contributed by atoms with Crippen LogP contribution >= 0.6 is 22.6 Å². The van der Waals surface area contributed by atoms with Crippen molar-refractivity contribution in [3.8, 4) is 5.75 Å². The molecule has 0 atom stereocenters. The topological polar surface area (TPSA) is 44.8 Å². The third-order valence-electron chi connectivity index (χ3n) is 5.18. The number of hydrogen-bond donors (Lipinski definition) is 0. The molecule has 0 fully saturated rings. The van der Waals surface area contributed by atoms with Crippen molar-refractivity contribution in [1.29, 1.82) is 0 Å². The van der Waals surface area contributed by atoms with Crippen LogP contribution in [0.3, 0.4) is 0 Å². The largest absolute Gasteiger partial charge is 0.497 e. The highest BCUT2D eigenvalue weighted by Gasteiger charge is 2.36. The van der Waals surface area contributed by atoms with Crippen molar-refractivity contribution in [2.45, 2.75) is 58.4 Å². The monoisotopic (exact) mass is 518 g/mol. The normalized spacial score (nSPS) is 12.9. The molecule has 0 heterocycles. The highest BCUT2D eigenvalue weighted by molar-refractivity contribution is 14.1. The summed E-state index contributed by atoms with van der Waals surface area (Å²) in [5, 5.41) is 0.191. The van der Waals surface area contributed by atoms with E-state index < -0.39 is 8.32 Å². The molecule has 28 heavy (non-hydrogen) atoms. The molecule has 0 spiro atoms. The first-order valence-corrected chi connectivity index (χ1v) is 14.2. The van der Waals surface area contributed by atoms with Gasteiger partial charge in [-0.3, -0.25) is 4.79 Å². The Morgan fingerprint density at radius 1 is 1.11 bits per heavy atom. The first-order valence-electron chi connectivity index (χ1n) is 9.72. The number of benzene rings is 1. The Hall–Kier alpha value is -0.703. The molecule has 0 aliphatic heterocycles. The Morgan fingerprint density at radius 2 is 1.71 bits per heavy atom. The van der Waals surface area contributed by atoms with Gasteiger partial charge in [0.25, 0.3) is 0 Å². The predicted molar refractivity (Wildman–Crippen MR) is 127 cm³/mol. The summed E-state index contributed by atoms with van der Waals surface area (Å²) in [6.07, 6.45) is 3.30. The first kappa shape index (κ1) is 25.3. The number of halogens is 1. The number of rotatable bonds is 12. The Bertz CT molecular complexity index is 633. The van der Waals surface area contributed by atoms with E-state index in [9.17, 15) is 4.79 Å². The van der Waals surface area contributed by atoms with Crippen LogP contribution in [0.5, 0.6) is 5.75 Å². The van der Waals surface area contributed by atoms with Crippen LogP contribution in [0.25, 0.3) is 0 Å². The summed E-state index contributed by atoms with van der Waals surface area (Å²) < 4.78 is 17.7. The number of allylic oxidation sites excluding steroid dienone is 1. The molecular formula is C22H35IO4Si. The minimum Gasteiger partial charge on any atom is -0.497 e.